The van der Waals surface area contributed by atoms with E-state index < -0.39 is 5.97 Å². The maximum Gasteiger partial charge on any atom is 0.339 e. The molecule has 1 fully saturated rings. The number of nitrogens with zero attached hydrogens (tertiary/aromatic N) is 1. The maximum atomic E-state index is 12.8. The van der Waals surface area contributed by atoms with E-state index in [4.69, 9.17) is 9.47 Å². The molecule has 0 radical (unpaired) electrons. The number of hydrogen-bond donors (Lipinski definition) is 2. The minimum absolute atomic E-state index is 0.170. The molecule has 152 valence electrons. The van der Waals surface area contributed by atoms with Crippen LogP contribution in [0.1, 0.15) is 66.7 Å². The summed E-state index contributed by atoms with van der Waals surface area (Å²) >= 11 is 0. The van der Waals surface area contributed by atoms with E-state index in [1.165, 1.54) is 7.11 Å². The van der Waals surface area contributed by atoms with Crippen molar-refractivity contribution in [1.82, 2.24) is 15.2 Å². The molecule has 0 bridgehead atoms. The second kappa shape index (κ2) is 8.44. The highest BCUT2D eigenvalue weighted by atomic mass is 16.5. The van der Waals surface area contributed by atoms with Gasteiger partial charge >= 0.3 is 5.97 Å². The predicted molar refractivity (Wildman–Crippen MR) is 104 cm³/mol. The van der Waals surface area contributed by atoms with Crippen LogP contribution in [0.3, 0.4) is 0 Å². The summed E-state index contributed by atoms with van der Waals surface area (Å²) in [4.78, 5) is 30.3. The average molecular weight is 380 g/mol. The first-order valence-corrected chi connectivity index (χ1v) is 9.59. The van der Waals surface area contributed by atoms with Crippen LogP contribution in [0, 0.1) is 6.92 Å². The molecule has 7 heteroatoms. The molecule has 0 aromatic carbocycles. The van der Waals surface area contributed by atoms with Crippen molar-refractivity contribution in [2.24, 2.45) is 0 Å². The molecule has 1 amide bonds. The molecule has 2 heterocycles. The monoisotopic (exact) mass is 379 g/mol. The fourth-order valence-corrected chi connectivity index (χ4v) is 3.70. The SMILES string of the molecule is CCc1[nH]c(C(=O)NCC(C)(C)N2CC(C)OC(C)C2)c(C)c1C(=O)OC. The number of methoxy groups -OCH3 is 1. The number of aromatic amines is 1. The number of nitrogens with one attached hydrogen (secondary N) is 2. The van der Waals surface area contributed by atoms with Crippen molar-refractivity contribution in [3.63, 3.8) is 0 Å². The van der Waals surface area contributed by atoms with Gasteiger partial charge in [0.1, 0.15) is 5.69 Å². The Bertz CT molecular complexity index is 686. The molecule has 1 saturated heterocycles. The Balaban J connectivity index is 2.11. The van der Waals surface area contributed by atoms with Crippen LogP contribution < -0.4 is 5.32 Å². The average Bonchev–Trinajstić information content (AvgIpc) is 2.94. The molecule has 2 N–H and O–H groups in total. The number of esters is 1. The van der Waals surface area contributed by atoms with Crippen LogP contribution in [0.15, 0.2) is 0 Å². The van der Waals surface area contributed by atoms with Crippen LogP contribution in [0.2, 0.25) is 0 Å². The van der Waals surface area contributed by atoms with Crippen molar-refractivity contribution in [2.75, 3.05) is 26.7 Å². The van der Waals surface area contributed by atoms with Crippen LogP contribution in [0.5, 0.6) is 0 Å². The van der Waals surface area contributed by atoms with Gasteiger partial charge in [0.2, 0.25) is 0 Å². The van der Waals surface area contributed by atoms with Crippen LogP contribution in [0.4, 0.5) is 0 Å². The zero-order chi connectivity index (χ0) is 20.4. The van der Waals surface area contributed by atoms with Crippen molar-refractivity contribution in [3.8, 4) is 0 Å². The summed E-state index contributed by atoms with van der Waals surface area (Å²) in [5.74, 6) is -0.629. The van der Waals surface area contributed by atoms with E-state index in [2.05, 4.69) is 42.9 Å². The molecular weight excluding hydrogens is 346 g/mol. The van der Waals surface area contributed by atoms with Crippen molar-refractivity contribution in [1.29, 1.82) is 0 Å². The number of rotatable bonds is 6. The molecule has 1 aliphatic rings. The van der Waals surface area contributed by atoms with Crippen molar-refractivity contribution >= 4 is 11.9 Å². The normalized spacial score (nSPS) is 21.1. The Kier molecular flexibility index (Phi) is 6.70. The molecule has 0 spiro atoms. The van der Waals surface area contributed by atoms with E-state index in [1.807, 2.05) is 6.92 Å². The highest BCUT2D eigenvalue weighted by molar-refractivity contribution is 6.00. The molecule has 27 heavy (non-hydrogen) atoms. The number of H-pyrrole nitrogens is 1. The second-order valence-electron chi connectivity index (χ2n) is 7.98. The number of aryl methyl sites for hydroxylation is 1. The molecule has 2 atom stereocenters. The lowest BCUT2D eigenvalue weighted by Crippen LogP contribution is -2.58. The van der Waals surface area contributed by atoms with E-state index in [9.17, 15) is 9.59 Å². The van der Waals surface area contributed by atoms with E-state index in [-0.39, 0.29) is 23.7 Å². The Morgan fingerprint density at radius 2 is 1.89 bits per heavy atom. The summed E-state index contributed by atoms with van der Waals surface area (Å²) in [6.45, 7) is 14.3. The van der Waals surface area contributed by atoms with E-state index in [0.717, 1.165) is 18.8 Å². The smallest absolute Gasteiger partial charge is 0.339 e. The molecule has 2 rings (SSSR count). The summed E-state index contributed by atoms with van der Waals surface area (Å²) in [5.41, 5.74) is 2.02. The Hall–Kier alpha value is -1.86. The molecule has 1 aliphatic heterocycles. The zero-order valence-electron chi connectivity index (χ0n) is 17.6. The maximum absolute atomic E-state index is 12.8. The van der Waals surface area contributed by atoms with Gasteiger partial charge in [0.15, 0.2) is 0 Å². The van der Waals surface area contributed by atoms with Crippen LogP contribution in [0.25, 0.3) is 0 Å². The lowest BCUT2D eigenvalue weighted by molar-refractivity contribution is -0.0948. The van der Waals surface area contributed by atoms with Gasteiger partial charge in [-0.1, -0.05) is 6.92 Å². The quantitative estimate of drug-likeness (QED) is 0.741. The van der Waals surface area contributed by atoms with E-state index in [0.29, 0.717) is 29.8 Å². The molecule has 1 aromatic rings. The largest absolute Gasteiger partial charge is 0.465 e. The highest BCUT2D eigenvalue weighted by Crippen LogP contribution is 2.22. The Labute approximate surface area is 161 Å². The molecule has 0 aliphatic carbocycles. The molecule has 1 aromatic heterocycles. The van der Waals surface area contributed by atoms with Crippen molar-refractivity contribution in [2.45, 2.75) is 65.7 Å². The summed E-state index contributed by atoms with van der Waals surface area (Å²) < 4.78 is 10.7. The minimum Gasteiger partial charge on any atom is -0.465 e. The first-order chi connectivity index (χ1) is 12.6. The Morgan fingerprint density at radius 3 is 2.41 bits per heavy atom. The number of carbonyl (C=O) groups excluding carboxylic acids is 2. The third kappa shape index (κ3) is 4.71. The summed E-state index contributed by atoms with van der Waals surface area (Å²) in [6, 6.07) is 0. The predicted octanol–water partition coefficient (Wildman–Crippen LogP) is 2.29. The van der Waals surface area contributed by atoms with Crippen LogP contribution in [-0.4, -0.2) is 66.3 Å². The van der Waals surface area contributed by atoms with Gasteiger partial charge in [-0.15, -0.1) is 0 Å². The fraction of sp³-hybridized carbons (Fsp3) is 0.700. The third-order valence-corrected chi connectivity index (χ3v) is 5.26. The van der Waals surface area contributed by atoms with Gasteiger partial charge < -0.3 is 19.8 Å². The van der Waals surface area contributed by atoms with E-state index in [1.54, 1.807) is 6.92 Å². The second-order valence-corrected chi connectivity index (χ2v) is 7.98. The van der Waals surface area contributed by atoms with Gasteiger partial charge in [-0.2, -0.15) is 0 Å². The first-order valence-electron chi connectivity index (χ1n) is 9.59. The van der Waals surface area contributed by atoms with Gasteiger partial charge in [0, 0.05) is 30.9 Å². The lowest BCUT2D eigenvalue weighted by atomic mass is 10.00. The molecular formula is C20H33N3O4. The standard InChI is InChI=1S/C20H33N3O4/c1-8-15-16(19(25)26-7)14(4)17(22-15)18(24)21-11-20(5,6)23-9-12(2)27-13(3)10-23/h12-13,22H,8-11H2,1-7H3,(H,21,24). The highest BCUT2D eigenvalue weighted by Gasteiger charge is 2.34. The number of hydrogen-bond acceptors (Lipinski definition) is 5. The fourth-order valence-electron chi connectivity index (χ4n) is 3.70. The summed E-state index contributed by atoms with van der Waals surface area (Å²) in [6.07, 6.45) is 0.960. The number of amides is 1. The van der Waals surface area contributed by atoms with Gasteiger partial charge in [-0.05, 0) is 46.6 Å². The zero-order valence-corrected chi connectivity index (χ0v) is 17.6. The number of aromatic nitrogens is 1. The van der Waals surface area contributed by atoms with Crippen molar-refractivity contribution in [3.05, 3.63) is 22.5 Å². The summed E-state index contributed by atoms with van der Waals surface area (Å²) in [7, 11) is 1.35. The summed E-state index contributed by atoms with van der Waals surface area (Å²) in [5, 5.41) is 3.02. The van der Waals surface area contributed by atoms with Crippen LogP contribution in [-0.2, 0) is 15.9 Å². The number of morpholine rings is 1. The molecule has 0 saturated carbocycles. The number of carbonyl (C=O) groups is 2. The van der Waals surface area contributed by atoms with Crippen LogP contribution >= 0.6 is 0 Å². The minimum atomic E-state index is -0.420. The molecule has 7 nitrogen and oxygen atoms in total. The van der Waals surface area contributed by atoms with Crippen molar-refractivity contribution < 1.29 is 19.1 Å². The van der Waals surface area contributed by atoms with Gasteiger partial charge in [-0.3, -0.25) is 9.69 Å². The van der Waals surface area contributed by atoms with E-state index >= 15 is 0 Å². The van der Waals surface area contributed by atoms with Gasteiger partial charge in [0.25, 0.3) is 5.91 Å². The van der Waals surface area contributed by atoms with Gasteiger partial charge in [-0.25, -0.2) is 4.79 Å². The Morgan fingerprint density at radius 1 is 1.30 bits per heavy atom. The topological polar surface area (TPSA) is 83.7 Å². The third-order valence-electron chi connectivity index (χ3n) is 5.26. The number of ether oxygens (including phenoxy) is 2. The molecule has 2 unspecified atom stereocenters. The van der Waals surface area contributed by atoms with Gasteiger partial charge in [0.05, 0.1) is 24.9 Å². The first kappa shape index (κ1) is 21.4. The lowest BCUT2D eigenvalue weighted by Gasteiger charge is -2.45.